The van der Waals surface area contributed by atoms with Gasteiger partial charge in [-0.1, -0.05) is 72.8 Å². The van der Waals surface area contributed by atoms with Crippen molar-refractivity contribution in [3.63, 3.8) is 0 Å². The van der Waals surface area contributed by atoms with Crippen molar-refractivity contribution in [3.05, 3.63) is 102 Å². The predicted octanol–water partition coefficient (Wildman–Crippen LogP) is 5.22. The summed E-state index contributed by atoms with van der Waals surface area (Å²) in [6.07, 6.45) is 6.46. The third kappa shape index (κ3) is 9.98. The number of likely N-dealkylation sites (tertiary alicyclic amines) is 1. The monoisotopic (exact) mass is 581 g/mol. The molecule has 1 atom stereocenters. The Bertz CT molecular complexity index is 1320. The van der Waals surface area contributed by atoms with Crippen LogP contribution in [0.4, 0.5) is 0 Å². The average molecular weight is 582 g/mol. The van der Waals surface area contributed by atoms with Gasteiger partial charge in [0.15, 0.2) is 0 Å². The molecule has 5 rings (SSSR count). The van der Waals surface area contributed by atoms with Crippen LogP contribution in [0.1, 0.15) is 61.6 Å². The Balaban J connectivity index is 1.06. The molecule has 3 aromatic rings. The molecule has 2 aliphatic rings. The summed E-state index contributed by atoms with van der Waals surface area (Å²) in [7, 11) is 0. The molecule has 0 aromatic heterocycles. The number of nitrogens with zero attached hydrogens (tertiary/aromatic N) is 1. The van der Waals surface area contributed by atoms with Crippen molar-refractivity contribution in [2.45, 2.75) is 76.5 Å². The molecule has 0 bridgehead atoms. The van der Waals surface area contributed by atoms with Crippen LogP contribution in [0.3, 0.4) is 0 Å². The lowest BCUT2D eigenvalue weighted by Gasteiger charge is -2.32. The van der Waals surface area contributed by atoms with Crippen LogP contribution in [0, 0.1) is 5.92 Å². The number of carbonyl (C=O) groups excluding carboxylic acids is 3. The van der Waals surface area contributed by atoms with E-state index in [9.17, 15) is 14.4 Å². The van der Waals surface area contributed by atoms with Crippen LogP contribution in [0.25, 0.3) is 0 Å². The van der Waals surface area contributed by atoms with Gasteiger partial charge in [-0.3, -0.25) is 14.4 Å². The third-order valence-corrected chi connectivity index (χ3v) is 8.38. The molecule has 3 aromatic carbocycles. The van der Waals surface area contributed by atoms with E-state index >= 15 is 0 Å². The fourth-order valence-corrected chi connectivity index (χ4v) is 5.56. The van der Waals surface area contributed by atoms with Gasteiger partial charge in [0.05, 0.1) is 0 Å². The first-order chi connectivity index (χ1) is 21.0. The first-order valence-electron chi connectivity index (χ1n) is 15.7. The summed E-state index contributed by atoms with van der Waals surface area (Å²) in [4.78, 5) is 40.7. The number of hydrogen-bond acceptors (Lipinski definition) is 4. The summed E-state index contributed by atoms with van der Waals surface area (Å²) in [5.41, 5.74) is 3.38. The van der Waals surface area contributed by atoms with E-state index in [1.807, 2.05) is 77.7 Å². The first-order valence-corrected chi connectivity index (χ1v) is 15.7. The van der Waals surface area contributed by atoms with Crippen molar-refractivity contribution in [1.29, 1.82) is 0 Å². The normalized spacial score (nSPS) is 15.9. The average Bonchev–Trinajstić information content (AvgIpc) is 3.86. The second kappa shape index (κ2) is 15.4. The maximum atomic E-state index is 13.1. The van der Waals surface area contributed by atoms with Gasteiger partial charge in [0.25, 0.3) is 0 Å². The van der Waals surface area contributed by atoms with Gasteiger partial charge in [0.1, 0.15) is 18.4 Å². The van der Waals surface area contributed by atoms with Gasteiger partial charge in [0.2, 0.25) is 17.7 Å². The SMILES string of the molecule is O=C(CC1CCN(C(=O)CCc2ccccc2)CC1)N[C@@H](CCc1ccc(OCc2ccccc2)cc1)C(=O)NC1CC1. The van der Waals surface area contributed by atoms with E-state index in [-0.39, 0.29) is 29.7 Å². The number of aryl methyl sites for hydroxylation is 2. The highest BCUT2D eigenvalue weighted by molar-refractivity contribution is 5.88. The second-order valence-corrected chi connectivity index (χ2v) is 11.9. The fourth-order valence-electron chi connectivity index (χ4n) is 5.56. The van der Waals surface area contributed by atoms with Crippen LogP contribution >= 0.6 is 0 Å². The summed E-state index contributed by atoms with van der Waals surface area (Å²) in [5, 5.41) is 6.10. The molecule has 7 nitrogen and oxygen atoms in total. The molecule has 1 aliphatic carbocycles. The minimum atomic E-state index is -0.568. The minimum Gasteiger partial charge on any atom is -0.489 e. The molecule has 226 valence electrons. The molecule has 43 heavy (non-hydrogen) atoms. The highest BCUT2D eigenvalue weighted by Crippen LogP contribution is 2.23. The lowest BCUT2D eigenvalue weighted by molar-refractivity contribution is -0.133. The minimum absolute atomic E-state index is 0.0885. The number of piperidine rings is 1. The molecule has 2 N–H and O–H groups in total. The highest BCUT2D eigenvalue weighted by atomic mass is 16.5. The molecule has 1 heterocycles. The highest BCUT2D eigenvalue weighted by Gasteiger charge is 2.30. The Hall–Kier alpha value is -4.13. The van der Waals surface area contributed by atoms with Crippen molar-refractivity contribution in [2.24, 2.45) is 5.92 Å². The van der Waals surface area contributed by atoms with Gasteiger partial charge in [-0.15, -0.1) is 0 Å². The van der Waals surface area contributed by atoms with E-state index in [1.54, 1.807) is 0 Å². The lowest BCUT2D eigenvalue weighted by atomic mass is 9.92. The van der Waals surface area contributed by atoms with E-state index in [4.69, 9.17) is 4.74 Å². The summed E-state index contributed by atoms with van der Waals surface area (Å²) in [6.45, 7) is 1.88. The standard InChI is InChI=1S/C36H43N3O4/c40-34(25-29-21-23-39(24-22-29)35(41)20-14-27-7-3-1-4-8-27)38-33(36(42)37-31-15-16-31)19-13-28-11-17-32(18-12-28)43-26-30-9-5-2-6-10-30/h1-12,17-18,29,31,33H,13-16,19-26H2,(H,37,42)(H,38,40)/t33-/m0/s1. The van der Waals surface area contributed by atoms with Crippen molar-refractivity contribution >= 4 is 17.7 Å². The zero-order valence-electron chi connectivity index (χ0n) is 24.9. The van der Waals surface area contributed by atoms with Crippen molar-refractivity contribution in [2.75, 3.05) is 13.1 Å². The molecule has 2 fully saturated rings. The van der Waals surface area contributed by atoms with Gasteiger partial charge in [-0.2, -0.15) is 0 Å². The van der Waals surface area contributed by atoms with Gasteiger partial charge >= 0.3 is 0 Å². The molecule has 1 saturated heterocycles. The van der Waals surface area contributed by atoms with Crippen molar-refractivity contribution in [1.82, 2.24) is 15.5 Å². The summed E-state index contributed by atoms with van der Waals surface area (Å²) in [5.74, 6) is 1.01. The fraction of sp³-hybridized carbons (Fsp3) is 0.417. The number of carbonyl (C=O) groups is 3. The molecular formula is C36H43N3O4. The van der Waals surface area contributed by atoms with Crippen molar-refractivity contribution < 1.29 is 19.1 Å². The molecule has 0 spiro atoms. The Labute approximate surface area is 255 Å². The maximum Gasteiger partial charge on any atom is 0.242 e. The van der Waals surface area contributed by atoms with Gasteiger partial charge in [0, 0.05) is 32.0 Å². The first kappa shape index (κ1) is 30.3. The Morgan fingerprint density at radius 3 is 2.05 bits per heavy atom. The van der Waals surface area contributed by atoms with Gasteiger partial charge in [-0.25, -0.2) is 0 Å². The van der Waals surface area contributed by atoms with E-state index < -0.39 is 6.04 Å². The van der Waals surface area contributed by atoms with E-state index in [0.717, 1.165) is 49.0 Å². The summed E-state index contributed by atoms with van der Waals surface area (Å²) in [6, 6.07) is 27.7. The van der Waals surface area contributed by atoms with Crippen LogP contribution in [-0.4, -0.2) is 47.8 Å². The zero-order valence-corrected chi connectivity index (χ0v) is 24.9. The number of benzene rings is 3. The largest absolute Gasteiger partial charge is 0.489 e. The van der Waals surface area contributed by atoms with E-state index in [1.165, 1.54) is 5.56 Å². The Morgan fingerprint density at radius 1 is 0.767 bits per heavy atom. The predicted molar refractivity (Wildman–Crippen MR) is 167 cm³/mol. The third-order valence-electron chi connectivity index (χ3n) is 8.38. The molecule has 7 heteroatoms. The number of ether oxygens (including phenoxy) is 1. The van der Waals surface area contributed by atoms with Crippen molar-refractivity contribution in [3.8, 4) is 5.75 Å². The molecule has 3 amide bonds. The quantitative estimate of drug-likeness (QED) is 0.273. The van der Waals surface area contributed by atoms with Crippen LogP contribution in [0.2, 0.25) is 0 Å². The van der Waals surface area contributed by atoms with Crippen LogP contribution in [0.5, 0.6) is 5.75 Å². The number of rotatable bonds is 14. The number of nitrogens with one attached hydrogen (secondary N) is 2. The van der Waals surface area contributed by atoms with E-state index in [0.29, 0.717) is 45.4 Å². The molecule has 0 radical (unpaired) electrons. The Morgan fingerprint density at radius 2 is 1.40 bits per heavy atom. The maximum absolute atomic E-state index is 13.1. The van der Waals surface area contributed by atoms with Crippen LogP contribution < -0.4 is 15.4 Å². The lowest BCUT2D eigenvalue weighted by Crippen LogP contribution is -2.48. The number of amides is 3. The molecule has 1 aliphatic heterocycles. The smallest absolute Gasteiger partial charge is 0.242 e. The van der Waals surface area contributed by atoms with Gasteiger partial charge < -0.3 is 20.3 Å². The van der Waals surface area contributed by atoms with Crippen LogP contribution in [-0.2, 0) is 33.8 Å². The summed E-state index contributed by atoms with van der Waals surface area (Å²) >= 11 is 0. The molecule has 0 unspecified atom stereocenters. The summed E-state index contributed by atoms with van der Waals surface area (Å²) < 4.78 is 5.89. The van der Waals surface area contributed by atoms with Gasteiger partial charge in [-0.05, 0) is 79.7 Å². The number of hydrogen-bond donors (Lipinski definition) is 2. The molecule has 1 saturated carbocycles. The van der Waals surface area contributed by atoms with E-state index in [2.05, 4.69) is 22.8 Å². The van der Waals surface area contributed by atoms with Crippen LogP contribution in [0.15, 0.2) is 84.9 Å². The zero-order chi connectivity index (χ0) is 29.9. The topological polar surface area (TPSA) is 87.7 Å². The second-order valence-electron chi connectivity index (χ2n) is 11.9. The Kier molecular flexibility index (Phi) is 10.8. The molecular weight excluding hydrogens is 538 g/mol.